The zero-order valence-electron chi connectivity index (χ0n) is 18.1. The van der Waals surface area contributed by atoms with Gasteiger partial charge in [-0.3, -0.25) is 4.79 Å². The molecule has 0 radical (unpaired) electrons. The Morgan fingerprint density at radius 2 is 1.68 bits per heavy atom. The van der Waals surface area contributed by atoms with Crippen molar-refractivity contribution < 1.29 is 4.79 Å². The molecule has 0 fully saturated rings. The average molecular weight is 455 g/mol. The van der Waals surface area contributed by atoms with Crippen LogP contribution in [-0.2, 0) is 4.79 Å². The normalized spacial score (nSPS) is 12.0. The second kappa shape index (κ2) is 12.5. The lowest BCUT2D eigenvalue weighted by Crippen LogP contribution is -2.30. The van der Waals surface area contributed by atoms with Crippen molar-refractivity contribution in [1.29, 1.82) is 0 Å². The van der Waals surface area contributed by atoms with E-state index >= 15 is 0 Å². The van der Waals surface area contributed by atoms with Gasteiger partial charge in [0.05, 0.1) is 11.8 Å². The monoisotopic (exact) mass is 454 g/mol. The van der Waals surface area contributed by atoms with E-state index in [1.54, 1.807) is 0 Å². The molecule has 1 amide bonds. The molecule has 0 aliphatic heterocycles. The summed E-state index contributed by atoms with van der Waals surface area (Å²) in [5, 5.41) is 15.7. The van der Waals surface area contributed by atoms with Gasteiger partial charge < -0.3 is 10.6 Å². The summed E-state index contributed by atoms with van der Waals surface area (Å²) in [6.07, 6.45) is 3.56. The van der Waals surface area contributed by atoms with Crippen molar-refractivity contribution in [1.82, 2.24) is 15.5 Å². The van der Waals surface area contributed by atoms with Crippen LogP contribution in [0.4, 0.5) is 5.13 Å². The van der Waals surface area contributed by atoms with Crippen molar-refractivity contribution in [3.05, 3.63) is 71.8 Å². The molecule has 1 atom stereocenters. The maximum atomic E-state index is 12.7. The largest absolute Gasteiger partial charge is 0.360 e. The molecule has 7 heteroatoms. The van der Waals surface area contributed by atoms with E-state index < -0.39 is 0 Å². The second-order valence-corrected chi connectivity index (χ2v) is 9.77. The SMILES string of the molecule is CC[C@@H](C)CCCNc1nnc(SCC(=O)NC(c2ccccc2)c2ccccc2)s1. The Morgan fingerprint density at radius 3 is 2.29 bits per heavy atom. The van der Waals surface area contributed by atoms with Crippen LogP contribution >= 0.6 is 23.1 Å². The zero-order chi connectivity index (χ0) is 21.9. The number of thioether (sulfide) groups is 1. The highest BCUT2D eigenvalue weighted by Gasteiger charge is 2.17. The predicted octanol–water partition coefficient (Wildman–Crippen LogP) is 5.77. The number of hydrogen-bond donors (Lipinski definition) is 2. The highest BCUT2D eigenvalue weighted by molar-refractivity contribution is 8.01. The van der Waals surface area contributed by atoms with Gasteiger partial charge in [0.15, 0.2) is 4.34 Å². The van der Waals surface area contributed by atoms with Crippen LogP contribution < -0.4 is 10.6 Å². The molecule has 5 nitrogen and oxygen atoms in total. The van der Waals surface area contributed by atoms with Crippen molar-refractivity contribution in [3.63, 3.8) is 0 Å². The molecule has 0 spiro atoms. The first-order valence-electron chi connectivity index (χ1n) is 10.7. The summed E-state index contributed by atoms with van der Waals surface area (Å²) in [7, 11) is 0. The molecule has 0 saturated heterocycles. The van der Waals surface area contributed by atoms with E-state index in [0.717, 1.165) is 39.5 Å². The van der Waals surface area contributed by atoms with E-state index in [0.29, 0.717) is 5.75 Å². The smallest absolute Gasteiger partial charge is 0.231 e. The van der Waals surface area contributed by atoms with Crippen LogP contribution in [0.5, 0.6) is 0 Å². The molecule has 0 aliphatic carbocycles. The van der Waals surface area contributed by atoms with Crippen LogP contribution in [0.15, 0.2) is 65.0 Å². The van der Waals surface area contributed by atoms with Gasteiger partial charge in [0.2, 0.25) is 11.0 Å². The summed E-state index contributed by atoms with van der Waals surface area (Å²) in [6.45, 7) is 5.41. The molecule has 0 bridgehead atoms. The lowest BCUT2D eigenvalue weighted by Gasteiger charge is -2.19. The first-order valence-corrected chi connectivity index (χ1v) is 12.5. The molecule has 3 rings (SSSR count). The maximum absolute atomic E-state index is 12.7. The van der Waals surface area contributed by atoms with Crippen LogP contribution in [0.25, 0.3) is 0 Å². The Balaban J connectivity index is 1.50. The number of carbonyl (C=O) groups is 1. The third-order valence-electron chi connectivity index (χ3n) is 5.15. The van der Waals surface area contributed by atoms with E-state index in [4.69, 9.17) is 0 Å². The molecule has 1 heterocycles. The first kappa shape index (κ1) is 23.3. The fourth-order valence-corrected chi connectivity index (χ4v) is 4.76. The fraction of sp³-hybridized carbons (Fsp3) is 0.375. The third-order valence-corrected chi connectivity index (χ3v) is 7.17. The van der Waals surface area contributed by atoms with Crippen molar-refractivity contribution in [3.8, 4) is 0 Å². The van der Waals surface area contributed by atoms with Gasteiger partial charge in [-0.1, -0.05) is 104 Å². The molecule has 164 valence electrons. The summed E-state index contributed by atoms with van der Waals surface area (Å²) >= 11 is 2.92. The van der Waals surface area contributed by atoms with Crippen molar-refractivity contribution in [2.75, 3.05) is 17.6 Å². The Labute approximate surface area is 193 Å². The number of carbonyl (C=O) groups excluding carboxylic acids is 1. The first-order chi connectivity index (χ1) is 15.2. The van der Waals surface area contributed by atoms with Crippen molar-refractivity contribution >= 4 is 34.1 Å². The quantitative estimate of drug-likeness (QED) is 0.268. The van der Waals surface area contributed by atoms with Gasteiger partial charge in [-0.05, 0) is 29.9 Å². The number of anilines is 1. The van der Waals surface area contributed by atoms with E-state index in [-0.39, 0.29) is 11.9 Å². The van der Waals surface area contributed by atoms with E-state index in [1.807, 2.05) is 60.7 Å². The molecule has 0 aliphatic rings. The van der Waals surface area contributed by atoms with E-state index in [1.165, 1.54) is 35.9 Å². The van der Waals surface area contributed by atoms with Crippen molar-refractivity contribution in [2.45, 2.75) is 43.5 Å². The third kappa shape index (κ3) is 7.67. The maximum Gasteiger partial charge on any atom is 0.231 e. The molecule has 31 heavy (non-hydrogen) atoms. The van der Waals surface area contributed by atoms with E-state index in [2.05, 4.69) is 34.7 Å². The summed E-state index contributed by atoms with van der Waals surface area (Å²) in [5.41, 5.74) is 2.12. The van der Waals surface area contributed by atoms with Crippen LogP contribution in [0.2, 0.25) is 0 Å². The molecule has 0 unspecified atom stereocenters. The Hall–Kier alpha value is -2.38. The van der Waals surface area contributed by atoms with E-state index in [9.17, 15) is 4.79 Å². The average Bonchev–Trinajstić information content (AvgIpc) is 3.27. The summed E-state index contributed by atoms with van der Waals surface area (Å²) in [4.78, 5) is 12.7. The van der Waals surface area contributed by atoms with Gasteiger partial charge in [-0.25, -0.2) is 0 Å². The molecule has 2 aromatic carbocycles. The van der Waals surface area contributed by atoms with Crippen LogP contribution in [-0.4, -0.2) is 28.4 Å². The summed E-state index contributed by atoms with van der Waals surface area (Å²) < 4.78 is 0.801. The van der Waals surface area contributed by atoms with Crippen LogP contribution in [0.3, 0.4) is 0 Å². The number of amides is 1. The number of benzene rings is 2. The summed E-state index contributed by atoms with van der Waals surface area (Å²) in [5.74, 6) is 1.04. The minimum absolute atomic E-state index is 0.0269. The predicted molar refractivity (Wildman–Crippen MR) is 131 cm³/mol. The molecule has 2 N–H and O–H groups in total. The lowest BCUT2D eigenvalue weighted by atomic mass is 9.99. The highest BCUT2D eigenvalue weighted by Crippen LogP contribution is 2.26. The number of rotatable bonds is 12. The minimum atomic E-state index is -0.173. The molecule has 0 saturated carbocycles. The summed E-state index contributed by atoms with van der Waals surface area (Å²) in [6, 6.07) is 19.9. The topological polar surface area (TPSA) is 66.9 Å². The van der Waals surface area contributed by atoms with Crippen LogP contribution in [0, 0.1) is 5.92 Å². The second-order valence-electron chi connectivity index (χ2n) is 7.57. The molecular formula is C24H30N4OS2. The Kier molecular flexibility index (Phi) is 9.37. The van der Waals surface area contributed by atoms with Gasteiger partial charge in [-0.15, -0.1) is 10.2 Å². The number of aromatic nitrogens is 2. The van der Waals surface area contributed by atoms with Gasteiger partial charge >= 0.3 is 0 Å². The molecule has 1 aromatic heterocycles. The Bertz CT molecular complexity index is 878. The molecule has 3 aromatic rings. The van der Waals surface area contributed by atoms with Crippen LogP contribution in [0.1, 0.15) is 50.3 Å². The zero-order valence-corrected chi connectivity index (χ0v) is 19.7. The lowest BCUT2D eigenvalue weighted by molar-refractivity contribution is -0.119. The van der Waals surface area contributed by atoms with Gasteiger partial charge in [-0.2, -0.15) is 0 Å². The molecular weight excluding hydrogens is 424 g/mol. The number of nitrogens with one attached hydrogen (secondary N) is 2. The van der Waals surface area contributed by atoms with Crippen molar-refractivity contribution in [2.24, 2.45) is 5.92 Å². The van der Waals surface area contributed by atoms with Gasteiger partial charge in [0.1, 0.15) is 0 Å². The Morgan fingerprint density at radius 1 is 1.03 bits per heavy atom. The highest BCUT2D eigenvalue weighted by atomic mass is 32.2. The fourth-order valence-electron chi connectivity index (χ4n) is 3.17. The number of nitrogens with zero attached hydrogens (tertiary/aromatic N) is 2. The van der Waals surface area contributed by atoms with Gasteiger partial charge in [0.25, 0.3) is 0 Å². The standard InChI is InChI=1S/C24H30N4OS2/c1-3-18(2)11-10-16-25-23-27-28-24(31-23)30-17-21(29)26-22(19-12-6-4-7-13-19)20-14-8-5-9-15-20/h4-9,12-15,18,22H,3,10-11,16-17H2,1-2H3,(H,25,27)(H,26,29)/t18-/m1/s1. The van der Waals surface area contributed by atoms with Gasteiger partial charge in [0, 0.05) is 6.54 Å². The minimum Gasteiger partial charge on any atom is -0.360 e. The number of hydrogen-bond acceptors (Lipinski definition) is 6.